The number of ether oxygens (including phenoxy) is 1. The summed E-state index contributed by atoms with van der Waals surface area (Å²) < 4.78 is 8.92. The molecule has 4 heterocycles. The first kappa shape index (κ1) is 11.5. The van der Waals surface area contributed by atoms with E-state index in [0.29, 0.717) is 12.4 Å². The van der Waals surface area contributed by atoms with Gasteiger partial charge in [0.15, 0.2) is 5.82 Å². The van der Waals surface area contributed by atoms with Gasteiger partial charge >= 0.3 is 0 Å². The van der Waals surface area contributed by atoms with Crippen LogP contribution in [0.5, 0.6) is 0 Å². The lowest BCUT2D eigenvalue weighted by Crippen LogP contribution is -2.07. The standard InChI is InChI=1S/C12H13N7O/c1-8-17-10(9-2-3-20-4-9)11-12(14-6-16-19(8)11)18-7-13-5-15-18/h5-7,9H,2-4H2,1H3. The highest BCUT2D eigenvalue weighted by Gasteiger charge is 2.26. The fraction of sp³-hybridized carbons (Fsp3) is 0.417. The van der Waals surface area contributed by atoms with Crippen molar-refractivity contribution in [2.24, 2.45) is 0 Å². The van der Waals surface area contributed by atoms with Crippen molar-refractivity contribution in [3.63, 3.8) is 0 Å². The minimum Gasteiger partial charge on any atom is -0.381 e. The Balaban J connectivity index is 2.00. The lowest BCUT2D eigenvalue weighted by Gasteiger charge is -2.07. The van der Waals surface area contributed by atoms with E-state index in [9.17, 15) is 0 Å². The topological polar surface area (TPSA) is 83.0 Å². The van der Waals surface area contributed by atoms with Gasteiger partial charge < -0.3 is 4.74 Å². The van der Waals surface area contributed by atoms with Crippen molar-refractivity contribution in [3.8, 4) is 5.82 Å². The van der Waals surface area contributed by atoms with Crippen molar-refractivity contribution < 1.29 is 4.74 Å². The number of hydrogen-bond acceptors (Lipinski definition) is 6. The van der Waals surface area contributed by atoms with E-state index in [1.807, 2.05) is 6.92 Å². The first-order chi connectivity index (χ1) is 9.84. The molecular formula is C12H13N7O. The third kappa shape index (κ3) is 1.61. The highest BCUT2D eigenvalue weighted by molar-refractivity contribution is 5.65. The van der Waals surface area contributed by atoms with Crippen molar-refractivity contribution in [1.29, 1.82) is 0 Å². The third-order valence-corrected chi connectivity index (χ3v) is 3.55. The maximum absolute atomic E-state index is 5.48. The molecule has 0 radical (unpaired) electrons. The molecule has 1 saturated heterocycles. The van der Waals surface area contributed by atoms with Gasteiger partial charge in [-0.05, 0) is 13.3 Å². The van der Waals surface area contributed by atoms with E-state index in [2.05, 4.69) is 25.1 Å². The molecule has 0 bridgehead atoms. The Morgan fingerprint density at radius 3 is 3.00 bits per heavy atom. The Bertz CT molecular complexity index is 743. The van der Waals surface area contributed by atoms with Crippen molar-refractivity contribution in [1.82, 2.24) is 34.3 Å². The van der Waals surface area contributed by atoms with E-state index in [0.717, 1.165) is 30.1 Å². The van der Waals surface area contributed by atoms with E-state index in [1.165, 1.54) is 12.7 Å². The predicted molar refractivity (Wildman–Crippen MR) is 68.6 cm³/mol. The lowest BCUT2D eigenvalue weighted by atomic mass is 10.0. The molecule has 8 heteroatoms. The molecule has 1 fully saturated rings. The SMILES string of the molecule is Cc1nc(C2CCOC2)c2c(-n3cncn3)ncnn12. The van der Waals surface area contributed by atoms with Crippen LogP contribution in [0.1, 0.15) is 23.9 Å². The predicted octanol–water partition coefficient (Wildman–Crippen LogP) is 0.517. The van der Waals surface area contributed by atoms with Gasteiger partial charge in [-0.2, -0.15) is 10.2 Å². The molecule has 0 N–H and O–H groups in total. The van der Waals surface area contributed by atoms with Gasteiger partial charge in [0.1, 0.15) is 30.3 Å². The molecule has 4 rings (SSSR count). The van der Waals surface area contributed by atoms with E-state index >= 15 is 0 Å². The molecule has 3 aromatic rings. The summed E-state index contributed by atoms with van der Waals surface area (Å²) in [6, 6.07) is 0. The van der Waals surface area contributed by atoms with Gasteiger partial charge in [-0.25, -0.2) is 24.1 Å². The van der Waals surface area contributed by atoms with Crippen LogP contribution < -0.4 is 0 Å². The van der Waals surface area contributed by atoms with E-state index in [1.54, 1.807) is 15.5 Å². The minimum absolute atomic E-state index is 0.284. The smallest absolute Gasteiger partial charge is 0.184 e. The van der Waals surface area contributed by atoms with E-state index in [4.69, 9.17) is 4.74 Å². The summed E-state index contributed by atoms with van der Waals surface area (Å²) in [7, 11) is 0. The number of hydrogen-bond donors (Lipinski definition) is 0. The van der Waals surface area contributed by atoms with Crippen molar-refractivity contribution in [2.45, 2.75) is 19.3 Å². The summed E-state index contributed by atoms with van der Waals surface area (Å²) in [5.41, 5.74) is 1.86. The number of fused-ring (bicyclic) bond motifs is 1. The van der Waals surface area contributed by atoms with Gasteiger partial charge in [-0.3, -0.25) is 0 Å². The molecule has 102 valence electrons. The Kier molecular flexibility index (Phi) is 2.49. The Hall–Kier alpha value is -2.35. The van der Waals surface area contributed by atoms with Crippen LogP contribution in [0.2, 0.25) is 0 Å². The molecule has 20 heavy (non-hydrogen) atoms. The largest absolute Gasteiger partial charge is 0.381 e. The number of aryl methyl sites for hydroxylation is 1. The highest BCUT2D eigenvalue weighted by Crippen LogP contribution is 2.30. The lowest BCUT2D eigenvalue weighted by molar-refractivity contribution is 0.193. The number of rotatable bonds is 2. The minimum atomic E-state index is 0.284. The monoisotopic (exact) mass is 271 g/mol. The summed E-state index contributed by atoms with van der Waals surface area (Å²) in [4.78, 5) is 13.0. The van der Waals surface area contributed by atoms with Gasteiger partial charge in [0.05, 0.1) is 12.3 Å². The van der Waals surface area contributed by atoms with Gasteiger partial charge in [-0.15, -0.1) is 0 Å². The first-order valence-corrected chi connectivity index (χ1v) is 6.47. The zero-order valence-corrected chi connectivity index (χ0v) is 11.0. The molecule has 0 aliphatic carbocycles. The van der Waals surface area contributed by atoms with Crippen LogP contribution in [0.4, 0.5) is 0 Å². The van der Waals surface area contributed by atoms with Gasteiger partial charge in [0.25, 0.3) is 0 Å². The van der Waals surface area contributed by atoms with E-state index in [-0.39, 0.29) is 5.92 Å². The molecule has 1 unspecified atom stereocenters. The van der Waals surface area contributed by atoms with Gasteiger partial charge in [0.2, 0.25) is 0 Å². The van der Waals surface area contributed by atoms with Crippen molar-refractivity contribution in [2.75, 3.05) is 13.2 Å². The summed E-state index contributed by atoms with van der Waals surface area (Å²) in [6.45, 7) is 3.40. The Labute approximate surface area is 114 Å². The second kappa shape index (κ2) is 4.34. The fourth-order valence-electron chi connectivity index (χ4n) is 2.61. The Morgan fingerprint density at radius 2 is 2.25 bits per heavy atom. The van der Waals surface area contributed by atoms with Crippen LogP contribution in [-0.4, -0.2) is 47.6 Å². The maximum Gasteiger partial charge on any atom is 0.184 e. The molecule has 1 aliphatic rings. The van der Waals surface area contributed by atoms with Gasteiger partial charge in [0, 0.05) is 12.5 Å². The average molecular weight is 271 g/mol. The van der Waals surface area contributed by atoms with Crippen LogP contribution in [0.15, 0.2) is 19.0 Å². The van der Waals surface area contributed by atoms with Crippen molar-refractivity contribution >= 4 is 5.52 Å². The number of imidazole rings is 1. The van der Waals surface area contributed by atoms with Crippen LogP contribution >= 0.6 is 0 Å². The molecule has 1 aliphatic heterocycles. The summed E-state index contributed by atoms with van der Waals surface area (Å²) in [5, 5.41) is 8.44. The van der Waals surface area contributed by atoms with Crippen LogP contribution in [0.25, 0.3) is 11.3 Å². The molecule has 0 aromatic carbocycles. The molecule has 3 aromatic heterocycles. The Morgan fingerprint density at radius 1 is 1.30 bits per heavy atom. The maximum atomic E-state index is 5.48. The molecule has 0 spiro atoms. The second-order valence-electron chi connectivity index (χ2n) is 4.79. The fourth-order valence-corrected chi connectivity index (χ4v) is 2.61. The summed E-state index contributed by atoms with van der Waals surface area (Å²) in [6.07, 6.45) is 5.59. The molecule has 0 amide bonds. The zero-order valence-electron chi connectivity index (χ0n) is 11.0. The normalized spacial score (nSPS) is 18.9. The van der Waals surface area contributed by atoms with Gasteiger partial charge in [-0.1, -0.05) is 0 Å². The number of aromatic nitrogens is 7. The molecule has 1 atom stereocenters. The average Bonchev–Trinajstić information content (AvgIpc) is 3.19. The van der Waals surface area contributed by atoms with Crippen molar-refractivity contribution in [3.05, 3.63) is 30.5 Å². The van der Waals surface area contributed by atoms with E-state index < -0.39 is 0 Å². The summed E-state index contributed by atoms with van der Waals surface area (Å²) in [5.74, 6) is 1.82. The molecule has 0 saturated carbocycles. The zero-order chi connectivity index (χ0) is 13.5. The quantitative estimate of drug-likeness (QED) is 0.675. The third-order valence-electron chi connectivity index (χ3n) is 3.55. The molecule has 8 nitrogen and oxygen atoms in total. The molecular weight excluding hydrogens is 258 g/mol. The number of nitrogens with zero attached hydrogens (tertiary/aromatic N) is 7. The first-order valence-electron chi connectivity index (χ1n) is 6.47. The van der Waals surface area contributed by atoms with Crippen LogP contribution in [0.3, 0.4) is 0 Å². The van der Waals surface area contributed by atoms with Crippen LogP contribution in [0, 0.1) is 6.92 Å². The highest BCUT2D eigenvalue weighted by atomic mass is 16.5. The van der Waals surface area contributed by atoms with Crippen LogP contribution in [-0.2, 0) is 4.74 Å². The summed E-state index contributed by atoms with van der Waals surface area (Å²) >= 11 is 0. The second-order valence-corrected chi connectivity index (χ2v) is 4.79.